The Morgan fingerprint density at radius 3 is 1.86 bits per heavy atom. The number of alkyl carbamates (subject to hydrolysis) is 1. The Kier molecular flexibility index (Phi) is 7.93. The Labute approximate surface area is 197 Å². The molecule has 11 heteroatoms. The number of alkyl halides is 6. The monoisotopic (exact) mass is 503 g/mol. The molecule has 0 aromatic heterocycles. The molecule has 35 heavy (non-hydrogen) atoms. The highest BCUT2D eigenvalue weighted by Crippen LogP contribution is 2.37. The van der Waals surface area contributed by atoms with Gasteiger partial charge in [0.05, 0.1) is 11.1 Å². The van der Waals surface area contributed by atoms with Crippen LogP contribution in [-0.4, -0.2) is 18.0 Å². The van der Waals surface area contributed by atoms with Crippen LogP contribution in [0.25, 0.3) is 0 Å². The number of carbonyl (C=O) groups is 2. The second-order valence-corrected chi connectivity index (χ2v) is 8.54. The maximum absolute atomic E-state index is 13.1. The molecule has 0 unspecified atom stereocenters. The number of ether oxygens (including phenoxy) is 2. The summed E-state index contributed by atoms with van der Waals surface area (Å²) < 4.78 is 89.4. The third-order valence-electron chi connectivity index (χ3n) is 4.60. The van der Waals surface area contributed by atoms with E-state index < -0.39 is 58.6 Å². The molecule has 1 N–H and O–H groups in total. The van der Waals surface area contributed by atoms with E-state index in [1.165, 1.54) is 12.1 Å². The summed E-state index contributed by atoms with van der Waals surface area (Å²) in [7, 11) is 0. The molecule has 2 rings (SSSR count). The number of rotatable bonds is 7. The number of aldehydes is 1. The summed E-state index contributed by atoms with van der Waals surface area (Å²) in [5.74, 6) is -0.449. The van der Waals surface area contributed by atoms with Crippen molar-refractivity contribution in [2.24, 2.45) is 0 Å². The highest BCUT2D eigenvalue weighted by Gasteiger charge is 2.41. The molecule has 0 heterocycles. The summed E-state index contributed by atoms with van der Waals surface area (Å²) in [4.78, 5) is 24.7. The van der Waals surface area contributed by atoms with Crippen molar-refractivity contribution in [1.82, 2.24) is 5.32 Å². The van der Waals surface area contributed by atoms with E-state index >= 15 is 0 Å². The number of hydrogen-bond donors (Lipinski definition) is 1. The minimum Gasteiger partial charge on any atom is -0.491 e. The topological polar surface area (TPSA) is 64.6 Å². The average Bonchev–Trinajstić information content (AvgIpc) is 2.73. The van der Waals surface area contributed by atoms with Crippen LogP contribution in [0.4, 0.5) is 31.1 Å². The molecule has 2 aromatic rings. The van der Waals surface area contributed by atoms with E-state index in [0.29, 0.717) is 12.1 Å². The smallest absolute Gasteiger partial charge is 0.416 e. The second-order valence-electron chi connectivity index (χ2n) is 8.54. The van der Waals surface area contributed by atoms with E-state index in [1.54, 1.807) is 39.0 Å². The van der Waals surface area contributed by atoms with Gasteiger partial charge in [-0.25, -0.2) is 4.79 Å². The quantitative estimate of drug-likeness (QED) is 0.271. The zero-order valence-corrected chi connectivity index (χ0v) is 19.0. The molecule has 0 radical (unpaired) electrons. The minimum absolute atomic E-state index is 0.0118. The molecular formula is C24H23F6NO4. The van der Waals surface area contributed by atoms with Gasteiger partial charge < -0.3 is 9.47 Å². The van der Waals surface area contributed by atoms with E-state index in [9.17, 15) is 35.9 Å². The minimum atomic E-state index is -5.04. The molecule has 1 amide bonds. The third-order valence-corrected chi connectivity index (χ3v) is 4.60. The van der Waals surface area contributed by atoms with E-state index in [1.807, 2.05) is 0 Å². The summed E-state index contributed by atoms with van der Waals surface area (Å²) in [5.41, 5.74) is -6.33. The summed E-state index contributed by atoms with van der Waals surface area (Å²) in [5, 5.41) is 2.35. The van der Waals surface area contributed by atoms with Gasteiger partial charge in [-0.3, -0.25) is 10.1 Å². The predicted octanol–water partition coefficient (Wildman–Crippen LogP) is 6.37. The van der Waals surface area contributed by atoms with Crippen molar-refractivity contribution in [3.05, 3.63) is 83.1 Å². The van der Waals surface area contributed by atoms with Crippen LogP contribution in [0.3, 0.4) is 0 Å². The molecule has 1 atom stereocenters. The van der Waals surface area contributed by atoms with Crippen molar-refractivity contribution < 1.29 is 45.4 Å². The van der Waals surface area contributed by atoms with Gasteiger partial charge in [0.25, 0.3) is 0 Å². The Bertz CT molecular complexity index is 1040. The molecule has 5 nitrogen and oxygen atoms in total. The van der Waals surface area contributed by atoms with Gasteiger partial charge in [-0.15, -0.1) is 0 Å². The fraction of sp³-hybridized carbons (Fsp3) is 0.333. The van der Waals surface area contributed by atoms with E-state index in [0.717, 1.165) is 0 Å². The zero-order valence-electron chi connectivity index (χ0n) is 19.0. The summed E-state index contributed by atoms with van der Waals surface area (Å²) in [6.45, 7) is 7.55. The lowest BCUT2D eigenvalue weighted by molar-refractivity contribution is -0.143. The van der Waals surface area contributed by atoms with E-state index in [2.05, 4.69) is 11.9 Å². The number of carbonyl (C=O) groups excluding carboxylic acids is 2. The first-order valence-corrected chi connectivity index (χ1v) is 10.1. The van der Waals surface area contributed by atoms with Gasteiger partial charge in [-0.05, 0) is 50.1 Å². The lowest BCUT2D eigenvalue weighted by atomic mass is 9.89. The van der Waals surface area contributed by atoms with Crippen molar-refractivity contribution in [3.8, 4) is 0 Å². The predicted molar refractivity (Wildman–Crippen MR) is 114 cm³/mol. The van der Waals surface area contributed by atoms with Gasteiger partial charge in [0.15, 0.2) is 11.8 Å². The number of halogens is 6. The molecule has 190 valence electrons. The highest BCUT2D eigenvalue weighted by atomic mass is 19.4. The second kappa shape index (κ2) is 10.0. The molecule has 0 fully saturated rings. The first-order valence-electron chi connectivity index (χ1n) is 10.1. The van der Waals surface area contributed by atoms with E-state index in [4.69, 9.17) is 9.47 Å². The van der Waals surface area contributed by atoms with Crippen molar-refractivity contribution in [2.75, 3.05) is 0 Å². The van der Waals surface area contributed by atoms with Crippen LogP contribution >= 0.6 is 0 Å². The van der Waals surface area contributed by atoms with Gasteiger partial charge in [0, 0.05) is 0 Å². The molecule has 0 saturated carbocycles. The van der Waals surface area contributed by atoms with E-state index in [-0.39, 0.29) is 17.9 Å². The number of benzene rings is 2. The lowest BCUT2D eigenvalue weighted by Crippen LogP contribution is -2.50. The van der Waals surface area contributed by atoms with Gasteiger partial charge in [-0.1, -0.05) is 36.9 Å². The van der Waals surface area contributed by atoms with Crippen molar-refractivity contribution in [3.63, 3.8) is 0 Å². The molecule has 2 aromatic carbocycles. The summed E-state index contributed by atoms with van der Waals surface area (Å²) in [6.07, 6.45) is -10.8. The van der Waals surface area contributed by atoms with Crippen molar-refractivity contribution in [1.29, 1.82) is 0 Å². The Hall–Kier alpha value is -3.50. The van der Waals surface area contributed by atoms with Gasteiger partial charge in [0.2, 0.25) is 0 Å². The molecule has 0 aliphatic heterocycles. The van der Waals surface area contributed by atoms with Crippen LogP contribution in [0, 0.1) is 0 Å². The normalized spacial score (nSPS) is 14.0. The Morgan fingerprint density at radius 2 is 1.43 bits per heavy atom. The summed E-state index contributed by atoms with van der Waals surface area (Å²) >= 11 is 0. The molecule has 0 spiro atoms. The van der Waals surface area contributed by atoms with Crippen LogP contribution < -0.4 is 5.32 Å². The molecule has 0 saturated heterocycles. The van der Waals surface area contributed by atoms with Crippen molar-refractivity contribution in [2.45, 2.75) is 50.9 Å². The molecule has 0 bridgehead atoms. The van der Waals surface area contributed by atoms with Gasteiger partial charge in [-0.2, -0.15) is 26.3 Å². The SMILES string of the molecule is C=C(OCc1cc(C(F)(F)F)cc(C(F)(F)F)c1)[C@@](C=O)(NC(=O)OC(C)(C)C)c1ccccc1. The first-order chi connectivity index (χ1) is 16.0. The van der Waals surface area contributed by atoms with Crippen LogP contribution in [0.1, 0.15) is 43.0 Å². The maximum Gasteiger partial charge on any atom is 0.416 e. The Morgan fingerprint density at radius 1 is 0.914 bits per heavy atom. The van der Waals surface area contributed by atoms with Crippen LogP contribution in [0.2, 0.25) is 0 Å². The van der Waals surface area contributed by atoms with Gasteiger partial charge >= 0.3 is 18.4 Å². The Balaban J connectivity index is 2.42. The van der Waals surface area contributed by atoms with Crippen LogP contribution in [0.5, 0.6) is 0 Å². The highest BCUT2D eigenvalue weighted by molar-refractivity contribution is 5.81. The lowest BCUT2D eigenvalue weighted by Gasteiger charge is -2.32. The average molecular weight is 503 g/mol. The number of hydrogen-bond acceptors (Lipinski definition) is 4. The molecular weight excluding hydrogens is 480 g/mol. The fourth-order valence-corrected chi connectivity index (χ4v) is 3.02. The first kappa shape index (κ1) is 27.7. The standard InChI is InChI=1S/C24H23F6NO4/c1-15(34-13-16-10-18(23(25,26)27)12-19(11-16)24(28,29)30)22(14-32,17-8-6-5-7-9-17)31-20(33)35-21(2,3)4/h5-12,14H,1,13H2,2-4H3,(H,31,33)/t22-/m1/s1. The van der Waals surface area contributed by atoms with Gasteiger partial charge in [0.1, 0.15) is 18.0 Å². The third kappa shape index (κ3) is 7.24. The number of amides is 1. The molecule has 0 aliphatic carbocycles. The van der Waals surface area contributed by atoms with Crippen LogP contribution in [-0.2, 0) is 38.8 Å². The maximum atomic E-state index is 13.1. The largest absolute Gasteiger partial charge is 0.491 e. The zero-order chi connectivity index (χ0) is 26.7. The van der Waals surface area contributed by atoms with Crippen molar-refractivity contribution >= 4 is 12.4 Å². The fourth-order valence-electron chi connectivity index (χ4n) is 3.02. The molecule has 0 aliphatic rings. The number of nitrogens with one attached hydrogen (secondary N) is 1. The van der Waals surface area contributed by atoms with Crippen LogP contribution in [0.15, 0.2) is 60.9 Å². The summed E-state index contributed by atoms with van der Waals surface area (Å²) in [6, 6.07) is 8.59.